The Kier molecular flexibility index (Phi) is 4.47. The third-order valence-electron chi connectivity index (χ3n) is 3.28. The van der Waals surface area contributed by atoms with Crippen LogP contribution in [-0.2, 0) is 14.3 Å². The van der Waals surface area contributed by atoms with Crippen LogP contribution in [0, 0.1) is 16.0 Å². The normalized spacial score (nSPS) is 17.5. The van der Waals surface area contributed by atoms with E-state index in [1.165, 1.54) is 6.07 Å². The molecule has 1 aromatic carbocycles. The minimum atomic E-state index is -0.512. The molecule has 6 heteroatoms. The Balaban J connectivity index is 2.25. The van der Waals surface area contributed by atoms with Gasteiger partial charge in [-0.05, 0) is 18.9 Å². The second-order valence-corrected chi connectivity index (χ2v) is 4.75. The number of ether oxygens (including phenoxy) is 1. The summed E-state index contributed by atoms with van der Waals surface area (Å²) in [5.41, 5.74) is 0.518. The van der Waals surface area contributed by atoms with Crippen molar-refractivity contribution in [1.82, 2.24) is 0 Å². The van der Waals surface area contributed by atoms with Crippen molar-refractivity contribution in [1.29, 1.82) is 0 Å². The van der Waals surface area contributed by atoms with Gasteiger partial charge in [0, 0.05) is 18.1 Å². The summed E-state index contributed by atoms with van der Waals surface area (Å²) < 4.78 is 4.85. The van der Waals surface area contributed by atoms with Gasteiger partial charge in [-0.1, -0.05) is 18.2 Å². The maximum Gasteiger partial charge on any atom is 0.306 e. The summed E-state index contributed by atoms with van der Waals surface area (Å²) in [5.74, 6) is -0.805. The Hall–Kier alpha value is -2.50. The van der Waals surface area contributed by atoms with Crippen LogP contribution in [0.25, 0.3) is 5.57 Å². The minimum Gasteiger partial charge on any atom is -0.466 e. The molecule has 0 aliphatic heterocycles. The Morgan fingerprint density at radius 3 is 2.81 bits per heavy atom. The molecule has 0 bridgehead atoms. The van der Waals surface area contributed by atoms with Crippen LogP contribution in [0.5, 0.6) is 0 Å². The van der Waals surface area contributed by atoms with Gasteiger partial charge in [-0.2, -0.15) is 0 Å². The fourth-order valence-corrected chi connectivity index (χ4v) is 2.40. The van der Waals surface area contributed by atoms with Crippen LogP contribution >= 0.6 is 0 Å². The molecule has 6 nitrogen and oxygen atoms in total. The molecule has 0 radical (unpaired) electrons. The SMILES string of the molecule is CCOC(=O)CC1C=C(c2ccccc2[N+](=O)[O-])C(=O)C1. The molecule has 1 aliphatic carbocycles. The van der Waals surface area contributed by atoms with Crippen molar-refractivity contribution >= 4 is 23.0 Å². The molecule has 0 fully saturated rings. The highest BCUT2D eigenvalue weighted by molar-refractivity contribution is 6.24. The van der Waals surface area contributed by atoms with Crippen molar-refractivity contribution in [2.45, 2.75) is 19.8 Å². The maximum atomic E-state index is 12.1. The summed E-state index contributed by atoms with van der Waals surface area (Å²) in [5, 5.41) is 11.0. The largest absolute Gasteiger partial charge is 0.466 e. The standard InChI is InChI=1S/C15H15NO5/c1-2-21-15(18)9-10-7-12(14(17)8-10)11-5-3-4-6-13(11)16(19)20/h3-7,10H,2,8-9H2,1H3. The molecule has 110 valence electrons. The quantitative estimate of drug-likeness (QED) is 0.472. The molecule has 0 saturated carbocycles. The number of para-hydroxylation sites is 1. The van der Waals surface area contributed by atoms with E-state index in [9.17, 15) is 19.7 Å². The first kappa shape index (κ1) is 14.9. The molecule has 1 aromatic rings. The number of Topliss-reactive ketones (excluding diaryl/α,β-unsaturated/α-hetero) is 1. The fourth-order valence-electron chi connectivity index (χ4n) is 2.40. The first-order chi connectivity index (χ1) is 10.0. The Morgan fingerprint density at radius 1 is 1.43 bits per heavy atom. The topological polar surface area (TPSA) is 86.5 Å². The van der Waals surface area contributed by atoms with E-state index in [1.54, 1.807) is 31.2 Å². The molecule has 2 rings (SSSR count). The molecule has 0 saturated heterocycles. The number of esters is 1. The van der Waals surface area contributed by atoms with Crippen molar-refractivity contribution in [3.05, 3.63) is 46.0 Å². The molecule has 0 N–H and O–H groups in total. The number of benzene rings is 1. The lowest BCUT2D eigenvalue weighted by molar-refractivity contribution is -0.385. The van der Waals surface area contributed by atoms with Gasteiger partial charge in [0.1, 0.15) is 0 Å². The van der Waals surface area contributed by atoms with E-state index in [4.69, 9.17) is 4.74 Å². The van der Waals surface area contributed by atoms with E-state index in [1.807, 2.05) is 0 Å². The number of nitro benzene ring substituents is 1. The van der Waals surface area contributed by atoms with Gasteiger partial charge in [-0.25, -0.2) is 0 Å². The first-order valence-corrected chi connectivity index (χ1v) is 6.67. The van der Waals surface area contributed by atoms with Crippen LogP contribution in [0.3, 0.4) is 0 Å². The van der Waals surface area contributed by atoms with E-state index in [0.29, 0.717) is 17.7 Å². The van der Waals surface area contributed by atoms with E-state index in [2.05, 4.69) is 0 Å². The average Bonchev–Trinajstić information content (AvgIpc) is 2.79. The predicted molar refractivity (Wildman–Crippen MR) is 75.4 cm³/mol. The van der Waals surface area contributed by atoms with Gasteiger partial charge in [0.2, 0.25) is 0 Å². The van der Waals surface area contributed by atoms with Crippen LogP contribution in [-0.4, -0.2) is 23.3 Å². The van der Waals surface area contributed by atoms with Crippen LogP contribution in [0.4, 0.5) is 5.69 Å². The van der Waals surface area contributed by atoms with Crippen LogP contribution in [0.15, 0.2) is 30.3 Å². The Morgan fingerprint density at radius 2 is 2.14 bits per heavy atom. The van der Waals surface area contributed by atoms with Crippen LogP contribution in [0.2, 0.25) is 0 Å². The zero-order valence-electron chi connectivity index (χ0n) is 11.6. The zero-order chi connectivity index (χ0) is 15.4. The summed E-state index contributed by atoms with van der Waals surface area (Å²) in [7, 11) is 0. The lowest BCUT2D eigenvalue weighted by Crippen LogP contribution is -2.09. The predicted octanol–water partition coefficient (Wildman–Crippen LogP) is 2.52. The average molecular weight is 289 g/mol. The number of nitro groups is 1. The number of allylic oxidation sites excluding steroid dienone is 2. The number of rotatable bonds is 5. The number of hydrogen-bond donors (Lipinski definition) is 0. The van der Waals surface area contributed by atoms with Gasteiger partial charge in [0.25, 0.3) is 5.69 Å². The number of nitrogens with zero attached hydrogens (tertiary/aromatic N) is 1. The van der Waals surface area contributed by atoms with E-state index in [0.717, 1.165) is 0 Å². The fraction of sp³-hybridized carbons (Fsp3) is 0.333. The van der Waals surface area contributed by atoms with E-state index < -0.39 is 4.92 Å². The number of carbonyl (C=O) groups is 2. The summed E-state index contributed by atoms with van der Waals surface area (Å²) in [4.78, 5) is 34.0. The summed E-state index contributed by atoms with van der Waals surface area (Å²) in [6, 6.07) is 6.11. The molecule has 1 aliphatic rings. The van der Waals surface area contributed by atoms with Gasteiger partial charge < -0.3 is 4.74 Å². The van der Waals surface area contributed by atoms with E-state index in [-0.39, 0.29) is 36.2 Å². The van der Waals surface area contributed by atoms with Gasteiger partial charge in [0.05, 0.1) is 23.5 Å². The van der Waals surface area contributed by atoms with Gasteiger partial charge in [-0.3, -0.25) is 19.7 Å². The number of carbonyl (C=O) groups excluding carboxylic acids is 2. The Bertz CT molecular complexity index is 620. The molecule has 0 amide bonds. The smallest absolute Gasteiger partial charge is 0.306 e. The van der Waals surface area contributed by atoms with Gasteiger partial charge in [0.15, 0.2) is 5.78 Å². The molecular formula is C15H15NO5. The third kappa shape index (κ3) is 3.34. The van der Waals surface area contributed by atoms with Gasteiger partial charge in [-0.15, -0.1) is 0 Å². The second-order valence-electron chi connectivity index (χ2n) is 4.75. The van der Waals surface area contributed by atoms with Crippen LogP contribution < -0.4 is 0 Å². The molecule has 0 heterocycles. The maximum absolute atomic E-state index is 12.1. The highest BCUT2D eigenvalue weighted by Crippen LogP contribution is 2.34. The first-order valence-electron chi connectivity index (χ1n) is 6.67. The van der Waals surface area contributed by atoms with Crippen molar-refractivity contribution in [3.8, 4) is 0 Å². The highest BCUT2D eigenvalue weighted by Gasteiger charge is 2.30. The van der Waals surface area contributed by atoms with Crippen molar-refractivity contribution < 1.29 is 19.2 Å². The lowest BCUT2D eigenvalue weighted by atomic mass is 10.0. The molecule has 0 spiro atoms. The minimum absolute atomic E-state index is 0.103. The summed E-state index contributed by atoms with van der Waals surface area (Å²) in [6.07, 6.45) is 1.94. The zero-order valence-corrected chi connectivity index (χ0v) is 11.6. The third-order valence-corrected chi connectivity index (χ3v) is 3.28. The summed E-state index contributed by atoms with van der Waals surface area (Å²) in [6.45, 7) is 2.01. The summed E-state index contributed by atoms with van der Waals surface area (Å²) >= 11 is 0. The molecule has 1 unspecified atom stereocenters. The second kappa shape index (κ2) is 6.30. The van der Waals surface area contributed by atoms with Crippen molar-refractivity contribution in [2.24, 2.45) is 5.92 Å². The van der Waals surface area contributed by atoms with Crippen LogP contribution in [0.1, 0.15) is 25.3 Å². The van der Waals surface area contributed by atoms with Crippen molar-refractivity contribution in [3.63, 3.8) is 0 Å². The van der Waals surface area contributed by atoms with Gasteiger partial charge >= 0.3 is 5.97 Å². The van der Waals surface area contributed by atoms with Crippen molar-refractivity contribution in [2.75, 3.05) is 6.61 Å². The van der Waals surface area contributed by atoms with E-state index >= 15 is 0 Å². The number of hydrogen-bond acceptors (Lipinski definition) is 5. The monoisotopic (exact) mass is 289 g/mol. The molecular weight excluding hydrogens is 274 g/mol. The molecule has 1 atom stereocenters. The lowest BCUT2D eigenvalue weighted by Gasteiger charge is -2.04. The molecule has 21 heavy (non-hydrogen) atoms. The molecule has 0 aromatic heterocycles. The Labute approximate surface area is 121 Å². The number of ketones is 1. The highest BCUT2D eigenvalue weighted by atomic mass is 16.6.